The number of imidazole rings is 2. The fourth-order valence-electron chi connectivity index (χ4n) is 4.09. The van der Waals surface area contributed by atoms with Crippen LogP contribution >= 0.6 is 0 Å². The average molecular weight is 363 g/mol. The molecule has 6 heteroatoms. The molecular weight excluding hydrogens is 341 g/mol. The van der Waals surface area contributed by atoms with Crippen LogP contribution in [-0.4, -0.2) is 32.4 Å². The Morgan fingerprint density at radius 1 is 1.04 bits per heavy atom. The number of aromatic amines is 1. The first-order valence-corrected chi connectivity index (χ1v) is 9.45. The van der Waals surface area contributed by atoms with Gasteiger partial charge in [-0.05, 0) is 74.7 Å². The highest BCUT2D eigenvalue weighted by atomic mass is 19.1. The minimum absolute atomic E-state index is 0.255. The molecule has 0 atom stereocenters. The van der Waals surface area contributed by atoms with Crippen LogP contribution in [0.1, 0.15) is 35.8 Å². The quantitative estimate of drug-likeness (QED) is 0.564. The van der Waals surface area contributed by atoms with E-state index in [1.165, 1.54) is 0 Å². The standard InChI is InChI=1S/C21H22FN5/c1-12-7-16(11-27-10-13(2)24-21(12)27)15-8-17(22)19-18(9-15)25-20(26-19)14-3-5-23-6-4-14/h7-11,14,23H,3-6H2,1-2H3,(H,25,26). The number of rotatable bonds is 2. The molecule has 1 saturated heterocycles. The van der Waals surface area contributed by atoms with Crippen LogP contribution in [0.25, 0.3) is 27.8 Å². The van der Waals surface area contributed by atoms with E-state index in [1.54, 1.807) is 6.07 Å². The van der Waals surface area contributed by atoms with E-state index in [-0.39, 0.29) is 5.82 Å². The number of aromatic nitrogens is 4. The highest BCUT2D eigenvalue weighted by molar-refractivity contribution is 5.83. The molecule has 0 amide bonds. The molecule has 3 aromatic heterocycles. The van der Waals surface area contributed by atoms with Gasteiger partial charge in [0.25, 0.3) is 0 Å². The van der Waals surface area contributed by atoms with E-state index >= 15 is 0 Å². The second-order valence-corrected chi connectivity index (χ2v) is 7.52. The first kappa shape index (κ1) is 16.4. The third-order valence-corrected chi connectivity index (χ3v) is 5.48. The first-order valence-electron chi connectivity index (χ1n) is 9.45. The summed E-state index contributed by atoms with van der Waals surface area (Å²) in [5, 5.41) is 3.36. The lowest BCUT2D eigenvalue weighted by Crippen LogP contribution is -2.27. The maximum absolute atomic E-state index is 14.8. The number of hydrogen-bond donors (Lipinski definition) is 2. The molecule has 5 rings (SSSR count). The Bertz CT molecular complexity index is 1150. The zero-order valence-electron chi connectivity index (χ0n) is 15.5. The normalized spacial score (nSPS) is 15.8. The zero-order valence-corrected chi connectivity index (χ0v) is 15.5. The van der Waals surface area contributed by atoms with Gasteiger partial charge in [0.2, 0.25) is 0 Å². The molecule has 0 radical (unpaired) electrons. The Hall–Kier alpha value is -2.73. The van der Waals surface area contributed by atoms with Gasteiger partial charge in [-0.25, -0.2) is 14.4 Å². The third kappa shape index (κ3) is 2.80. The number of benzene rings is 1. The monoisotopic (exact) mass is 363 g/mol. The molecule has 1 fully saturated rings. The summed E-state index contributed by atoms with van der Waals surface area (Å²) < 4.78 is 16.8. The highest BCUT2D eigenvalue weighted by Crippen LogP contribution is 2.30. The Morgan fingerprint density at radius 2 is 1.85 bits per heavy atom. The van der Waals surface area contributed by atoms with Crippen LogP contribution in [0, 0.1) is 19.7 Å². The van der Waals surface area contributed by atoms with Gasteiger partial charge in [0, 0.05) is 18.3 Å². The lowest BCUT2D eigenvalue weighted by Gasteiger charge is -2.20. The molecule has 138 valence electrons. The van der Waals surface area contributed by atoms with Gasteiger partial charge in [-0.3, -0.25) is 0 Å². The van der Waals surface area contributed by atoms with Crippen molar-refractivity contribution in [3.05, 3.63) is 53.5 Å². The highest BCUT2D eigenvalue weighted by Gasteiger charge is 2.20. The summed E-state index contributed by atoms with van der Waals surface area (Å²) in [6.45, 7) is 5.98. The molecule has 0 aliphatic carbocycles. The number of nitrogens with one attached hydrogen (secondary N) is 2. The van der Waals surface area contributed by atoms with Crippen LogP contribution in [0.5, 0.6) is 0 Å². The van der Waals surface area contributed by atoms with Crippen LogP contribution in [-0.2, 0) is 0 Å². The largest absolute Gasteiger partial charge is 0.339 e. The van der Waals surface area contributed by atoms with Crippen molar-refractivity contribution in [2.24, 2.45) is 0 Å². The van der Waals surface area contributed by atoms with Gasteiger partial charge in [-0.2, -0.15) is 0 Å². The second-order valence-electron chi connectivity index (χ2n) is 7.52. The van der Waals surface area contributed by atoms with Gasteiger partial charge in [-0.1, -0.05) is 0 Å². The Labute approximate surface area is 156 Å². The van der Waals surface area contributed by atoms with Gasteiger partial charge in [0.1, 0.15) is 22.8 Å². The molecule has 0 bridgehead atoms. The van der Waals surface area contributed by atoms with Gasteiger partial charge in [0.15, 0.2) is 0 Å². The van der Waals surface area contributed by atoms with Gasteiger partial charge >= 0.3 is 0 Å². The van der Waals surface area contributed by atoms with Crippen molar-refractivity contribution in [3.8, 4) is 11.1 Å². The van der Waals surface area contributed by atoms with Crippen molar-refractivity contribution in [2.75, 3.05) is 13.1 Å². The van der Waals surface area contributed by atoms with E-state index < -0.39 is 0 Å². The number of nitrogens with zero attached hydrogens (tertiary/aromatic N) is 3. The Morgan fingerprint density at radius 3 is 2.67 bits per heavy atom. The van der Waals surface area contributed by atoms with E-state index in [0.29, 0.717) is 17.0 Å². The molecule has 4 aromatic rings. The fraction of sp³-hybridized carbons (Fsp3) is 0.333. The first-order chi connectivity index (χ1) is 13.1. The molecule has 0 unspecified atom stereocenters. The van der Waals surface area contributed by atoms with E-state index in [1.807, 2.05) is 36.7 Å². The van der Waals surface area contributed by atoms with Crippen molar-refractivity contribution in [1.82, 2.24) is 24.7 Å². The number of hydrogen-bond acceptors (Lipinski definition) is 3. The lowest BCUT2D eigenvalue weighted by atomic mass is 9.98. The van der Waals surface area contributed by atoms with Crippen LogP contribution in [0.15, 0.2) is 30.6 Å². The fourth-order valence-corrected chi connectivity index (χ4v) is 4.09. The summed E-state index contributed by atoms with van der Waals surface area (Å²) in [5.41, 5.74) is 5.96. The van der Waals surface area contributed by atoms with Crippen LogP contribution < -0.4 is 5.32 Å². The molecule has 1 aromatic carbocycles. The van der Waals surface area contributed by atoms with Crippen LogP contribution in [0.3, 0.4) is 0 Å². The summed E-state index contributed by atoms with van der Waals surface area (Å²) in [6, 6.07) is 5.63. The molecule has 1 aliphatic rings. The number of piperidine rings is 1. The third-order valence-electron chi connectivity index (χ3n) is 5.48. The molecule has 2 N–H and O–H groups in total. The molecule has 1 aliphatic heterocycles. The molecular formula is C21H22FN5. The van der Waals surface area contributed by atoms with Crippen LogP contribution in [0.4, 0.5) is 4.39 Å². The van der Waals surface area contributed by atoms with Gasteiger partial charge in [0.05, 0.1) is 11.2 Å². The molecule has 27 heavy (non-hydrogen) atoms. The Balaban J connectivity index is 1.61. The summed E-state index contributed by atoms with van der Waals surface area (Å²) >= 11 is 0. The van der Waals surface area contributed by atoms with E-state index in [9.17, 15) is 4.39 Å². The zero-order chi connectivity index (χ0) is 18.5. The molecule has 5 nitrogen and oxygen atoms in total. The Kier molecular flexibility index (Phi) is 3.75. The lowest BCUT2D eigenvalue weighted by molar-refractivity contribution is 0.448. The molecule has 4 heterocycles. The van der Waals surface area contributed by atoms with Gasteiger partial charge in [-0.15, -0.1) is 0 Å². The van der Waals surface area contributed by atoms with E-state index in [0.717, 1.165) is 59.8 Å². The average Bonchev–Trinajstić information content (AvgIpc) is 3.26. The second kappa shape index (κ2) is 6.16. The topological polar surface area (TPSA) is 58.0 Å². The number of aryl methyl sites for hydroxylation is 2. The van der Waals surface area contributed by atoms with Crippen molar-refractivity contribution < 1.29 is 4.39 Å². The molecule has 0 spiro atoms. The number of fused-ring (bicyclic) bond motifs is 2. The number of H-pyrrole nitrogens is 1. The van der Waals surface area contributed by atoms with Gasteiger partial charge < -0.3 is 14.7 Å². The van der Waals surface area contributed by atoms with Crippen LogP contribution in [0.2, 0.25) is 0 Å². The van der Waals surface area contributed by atoms with Crippen molar-refractivity contribution in [1.29, 1.82) is 0 Å². The van der Waals surface area contributed by atoms with Crippen molar-refractivity contribution >= 4 is 16.7 Å². The minimum Gasteiger partial charge on any atom is -0.339 e. The molecule has 0 saturated carbocycles. The predicted octanol–water partition coefficient (Wildman–Crippen LogP) is 4.10. The van der Waals surface area contributed by atoms with Crippen molar-refractivity contribution in [2.45, 2.75) is 32.6 Å². The van der Waals surface area contributed by atoms with E-state index in [2.05, 4.69) is 21.4 Å². The summed E-state index contributed by atoms with van der Waals surface area (Å²) in [4.78, 5) is 12.5. The smallest absolute Gasteiger partial charge is 0.149 e. The summed E-state index contributed by atoms with van der Waals surface area (Å²) in [5.74, 6) is 1.02. The summed E-state index contributed by atoms with van der Waals surface area (Å²) in [6.07, 6.45) is 6.06. The maximum atomic E-state index is 14.8. The predicted molar refractivity (Wildman–Crippen MR) is 105 cm³/mol. The number of pyridine rings is 1. The minimum atomic E-state index is -0.255. The number of halogens is 1. The summed E-state index contributed by atoms with van der Waals surface area (Å²) in [7, 11) is 0. The SMILES string of the molecule is Cc1cn2cc(-c3cc(F)c4[nH]c(C5CCNCC5)nc4c3)cc(C)c2n1. The van der Waals surface area contributed by atoms with E-state index in [4.69, 9.17) is 4.98 Å². The maximum Gasteiger partial charge on any atom is 0.149 e. The van der Waals surface area contributed by atoms with Crippen molar-refractivity contribution in [3.63, 3.8) is 0 Å².